The topological polar surface area (TPSA) is 59.6 Å². The number of carbonyl (C=O) groups is 1. The summed E-state index contributed by atoms with van der Waals surface area (Å²) in [5.41, 5.74) is -1.26. The van der Waals surface area contributed by atoms with E-state index in [2.05, 4.69) is 10.6 Å². The molecule has 1 saturated heterocycles. The number of methoxy groups -OCH3 is 1. The number of halogens is 4. The second-order valence-corrected chi connectivity index (χ2v) is 6.09. The minimum Gasteiger partial charge on any atom is -0.492 e. The minimum absolute atomic E-state index is 0. The molecular formula is C17H24ClF3N2O3. The number of nitrogens with one attached hydrogen (secondary N) is 2. The van der Waals surface area contributed by atoms with E-state index in [1.807, 2.05) is 0 Å². The molecule has 0 spiro atoms. The van der Waals surface area contributed by atoms with Crippen LogP contribution in [0.15, 0.2) is 24.3 Å². The molecule has 0 bridgehead atoms. The van der Waals surface area contributed by atoms with Gasteiger partial charge in [0.25, 0.3) is 0 Å². The highest BCUT2D eigenvalue weighted by atomic mass is 35.5. The molecule has 1 aromatic rings. The average molecular weight is 397 g/mol. The van der Waals surface area contributed by atoms with Crippen molar-refractivity contribution >= 4 is 18.3 Å². The molecule has 1 aliphatic heterocycles. The number of rotatable bonds is 7. The zero-order valence-corrected chi connectivity index (χ0v) is 15.3. The zero-order chi connectivity index (χ0) is 18.3. The molecule has 9 heteroatoms. The summed E-state index contributed by atoms with van der Waals surface area (Å²) in [4.78, 5) is 12.5. The van der Waals surface area contributed by atoms with Crippen LogP contribution in [0.2, 0.25) is 0 Å². The van der Waals surface area contributed by atoms with Gasteiger partial charge in [0.1, 0.15) is 12.4 Å². The summed E-state index contributed by atoms with van der Waals surface area (Å²) in [6.07, 6.45) is -2.96. The largest absolute Gasteiger partial charge is 0.492 e. The van der Waals surface area contributed by atoms with Crippen LogP contribution in [0.25, 0.3) is 0 Å². The van der Waals surface area contributed by atoms with Crippen LogP contribution in [-0.4, -0.2) is 45.9 Å². The lowest BCUT2D eigenvalue weighted by Gasteiger charge is -2.35. The highest BCUT2D eigenvalue weighted by Crippen LogP contribution is 2.30. The Labute approximate surface area is 157 Å². The molecule has 1 aromatic carbocycles. The highest BCUT2D eigenvalue weighted by Gasteiger charge is 2.39. The molecule has 0 saturated carbocycles. The molecule has 26 heavy (non-hydrogen) atoms. The normalized spacial score (nSPS) is 16.5. The van der Waals surface area contributed by atoms with Crippen molar-refractivity contribution < 1.29 is 27.4 Å². The van der Waals surface area contributed by atoms with E-state index in [-0.39, 0.29) is 31.5 Å². The van der Waals surface area contributed by atoms with E-state index in [9.17, 15) is 18.0 Å². The van der Waals surface area contributed by atoms with E-state index >= 15 is 0 Å². The van der Waals surface area contributed by atoms with Gasteiger partial charge in [-0.3, -0.25) is 4.79 Å². The molecule has 0 aromatic heterocycles. The van der Waals surface area contributed by atoms with Crippen molar-refractivity contribution in [3.05, 3.63) is 29.8 Å². The number of benzene rings is 1. The maximum absolute atomic E-state index is 12.5. The first-order valence-corrected chi connectivity index (χ1v) is 8.15. The van der Waals surface area contributed by atoms with E-state index in [4.69, 9.17) is 9.47 Å². The number of ether oxygens (including phenoxy) is 2. The summed E-state index contributed by atoms with van der Waals surface area (Å²) in [5, 5.41) is 6.05. The first kappa shape index (κ1) is 22.5. The summed E-state index contributed by atoms with van der Waals surface area (Å²) in [6, 6.07) is 4.47. The first-order chi connectivity index (χ1) is 11.9. The van der Waals surface area contributed by atoms with Crippen molar-refractivity contribution in [3.63, 3.8) is 0 Å². The number of hydrogen-bond acceptors (Lipinski definition) is 4. The fourth-order valence-corrected chi connectivity index (χ4v) is 2.88. The Morgan fingerprint density at radius 2 is 1.85 bits per heavy atom. The number of piperidine rings is 1. The zero-order valence-electron chi connectivity index (χ0n) is 14.5. The van der Waals surface area contributed by atoms with Gasteiger partial charge in [0.15, 0.2) is 0 Å². The average Bonchev–Trinajstić information content (AvgIpc) is 2.59. The molecule has 0 unspecified atom stereocenters. The Hall–Kier alpha value is -1.51. The summed E-state index contributed by atoms with van der Waals surface area (Å²) >= 11 is 0. The molecule has 1 amide bonds. The van der Waals surface area contributed by atoms with Crippen LogP contribution in [-0.2, 0) is 15.7 Å². The van der Waals surface area contributed by atoms with Gasteiger partial charge in [-0.15, -0.1) is 12.4 Å². The summed E-state index contributed by atoms with van der Waals surface area (Å²) < 4.78 is 48.1. The molecule has 0 aliphatic carbocycles. The van der Waals surface area contributed by atoms with E-state index in [0.717, 1.165) is 25.2 Å². The van der Waals surface area contributed by atoms with Crippen molar-refractivity contribution in [2.24, 2.45) is 5.41 Å². The monoisotopic (exact) mass is 396 g/mol. The van der Waals surface area contributed by atoms with Gasteiger partial charge in [-0.25, -0.2) is 0 Å². The smallest absolute Gasteiger partial charge is 0.416 e. The van der Waals surface area contributed by atoms with Crippen molar-refractivity contribution in [2.75, 3.05) is 40.0 Å². The predicted molar refractivity (Wildman–Crippen MR) is 93.6 cm³/mol. The van der Waals surface area contributed by atoms with E-state index in [1.54, 1.807) is 7.11 Å². The van der Waals surface area contributed by atoms with Gasteiger partial charge < -0.3 is 20.1 Å². The maximum atomic E-state index is 12.5. The van der Waals surface area contributed by atoms with Crippen LogP contribution in [0.1, 0.15) is 18.4 Å². The van der Waals surface area contributed by atoms with E-state index < -0.39 is 17.2 Å². The Morgan fingerprint density at radius 1 is 1.23 bits per heavy atom. The van der Waals surface area contributed by atoms with E-state index in [0.29, 0.717) is 25.2 Å². The molecule has 0 atom stereocenters. The van der Waals surface area contributed by atoms with Gasteiger partial charge >= 0.3 is 6.18 Å². The number of alkyl halides is 3. The number of amides is 1. The molecule has 1 heterocycles. The standard InChI is InChI=1S/C17H23F3N2O3.ClH/c1-24-12-16(6-8-21-9-7-16)15(23)22-10-11-25-14-4-2-13(3-5-14)17(18,19)20;/h2-5,21H,6-12H2,1H3,(H,22,23);1H. The lowest BCUT2D eigenvalue weighted by Crippen LogP contribution is -2.50. The third-order valence-electron chi connectivity index (χ3n) is 4.30. The maximum Gasteiger partial charge on any atom is 0.416 e. The SMILES string of the molecule is COCC1(C(=O)NCCOc2ccc(C(F)(F)F)cc2)CCNCC1.Cl. The van der Waals surface area contributed by atoms with Gasteiger partial charge in [-0.1, -0.05) is 0 Å². The summed E-state index contributed by atoms with van der Waals surface area (Å²) in [5.74, 6) is 0.252. The molecule has 5 nitrogen and oxygen atoms in total. The van der Waals surface area contributed by atoms with Crippen molar-refractivity contribution in [1.29, 1.82) is 0 Å². The molecule has 1 aliphatic rings. The van der Waals surface area contributed by atoms with Crippen LogP contribution in [0, 0.1) is 5.41 Å². The van der Waals surface area contributed by atoms with Crippen molar-refractivity contribution in [1.82, 2.24) is 10.6 Å². The fraction of sp³-hybridized carbons (Fsp3) is 0.588. The minimum atomic E-state index is -4.36. The highest BCUT2D eigenvalue weighted by molar-refractivity contribution is 5.85. The molecule has 1 fully saturated rings. The van der Waals surface area contributed by atoms with Gasteiger partial charge in [0, 0.05) is 7.11 Å². The molecule has 2 rings (SSSR count). The Morgan fingerprint density at radius 3 is 2.38 bits per heavy atom. The lowest BCUT2D eigenvalue weighted by atomic mass is 9.78. The van der Waals surface area contributed by atoms with Gasteiger partial charge in [0.05, 0.1) is 24.1 Å². The van der Waals surface area contributed by atoms with Crippen molar-refractivity contribution in [2.45, 2.75) is 19.0 Å². The predicted octanol–water partition coefficient (Wildman–Crippen LogP) is 2.64. The Balaban J connectivity index is 0.00000338. The van der Waals surface area contributed by atoms with Crippen LogP contribution in [0.5, 0.6) is 5.75 Å². The van der Waals surface area contributed by atoms with Gasteiger partial charge in [-0.05, 0) is 50.2 Å². The second-order valence-electron chi connectivity index (χ2n) is 6.09. The Kier molecular flexibility index (Phi) is 8.66. The summed E-state index contributed by atoms with van der Waals surface area (Å²) in [7, 11) is 1.57. The van der Waals surface area contributed by atoms with Crippen molar-refractivity contribution in [3.8, 4) is 5.75 Å². The molecule has 0 radical (unpaired) electrons. The van der Waals surface area contributed by atoms with Crippen LogP contribution < -0.4 is 15.4 Å². The van der Waals surface area contributed by atoms with Gasteiger partial charge in [-0.2, -0.15) is 13.2 Å². The molecular weight excluding hydrogens is 373 g/mol. The van der Waals surface area contributed by atoms with Crippen LogP contribution in [0.3, 0.4) is 0 Å². The van der Waals surface area contributed by atoms with Crippen LogP contribution in [0.4, 0.5) is 13.2 Å². The quantitative estimate of drug-likeness (QED) is 0.696. The van der Waals surface area contributed by atoms with E-state index in [1.165, 1.54) is 12.1 Å². The third-order valence-corrected chi connectivity index (χ3v) is 4.30. The second kappa shape index (κ2) is 9.99. The fourth-order valence-electron chi connectivity index (χ4n) is 2.88. The lowest BCUT2D eigenvalue weighted by molar-refractivity contribution is -0.138. The first-order valence-electron chi connectivity index (χ1n) is 8.15. The number of hydrogen-bond donors (Lipinski definition) is 2. The molecule has 2 N–H and O–H groups in total. The van der Waals surface area contributed by atoms with Gasteiger partial charge in [0.2, 0.25) is 5.91 Å². The third kappa shape index (κ3) is 6.03. The number of carbonyl (C=O) groups excluding carboxylic acids is 1. The summed E-state index contributed by atoms with van der Waals surface area (Å²) in [6.45, 7) is 2.34. The molecule has 148 valence electrons. The van der Waals surface area contributed by atoms with Crippen LogP contribution >= 0.6 is 12.4 Å². The Bertz CT molecular complexity index is 556.